The molecule has 0 fully saturated rings. The van der Waals surface area contributed by atoms with Crippen molar-refractivity contribution in [2.45, 2.75) is 33.7 Å². The lowest BCUT2D eigenvalue weighted by Gasteiger charge is -2.17. The van der Waals surface area contributed by atoms with Crippen LogP contribution in [-0.2, 0) is 16.7 Å². The molecule has 0 radical (unpaired) electrons. The highest BCUT2D eigenvalue weighted by Crippen LogP contribution is 2.39. The summed E-state index contributed by atoms with van der Waals surface area (Å²) in [6, 6.07) is 3.76. The smallest absolute Gasteiger partial charge is 0.264 e. The van der Waals surface area contributed by atoms with Crippen molar-refractivity contribution >= 4 is 10.1 Å². The zero-order valence-corrected chi connectivity index (χ0v) is 15.3. The van der Waals surface area contributed by atoms with E-state index < -0.39 is 10.1 Å². The third kappa shape index (κ3) is 7.37. The monoisotopic (exact) mass is 361 g/mol. The number of hydrogen-bond donors (Lipinski definition) is 2. The summed E-state index contributed by atoms with van der Waals surface area (Å²) < 4.78 is 47.0. The summed E-state index contributed by atoms with van der Waals surface area (Å²) in [7, 11) is -3.91. The van der Waals surface area contributed by atoms with Crippen LogP contribution in [0.2, 0.25) is 0 Å². The molecule has 8 heteroatoms. The van der Waals surface area contributed by atoms with Crippen molar-refractivity contribution in [3.8, 4) is 17.2 Å². The van der Waals surface area contributed by atoms with E-state index in [2.05, 4.69) is 5.32 Å². The minimum atomic E-state index is -3.91. The molecule has 0 bridgehead atoms. The van der Waals surface area contributed by atoms with Gasteiger partial charge in [-0.15, -0.1) is 0 Å². The van der Waals surface area contributed by atoms with Crippen LogP contribution >= 0.6 is 0 Å². The number of ether oxygens (including phenoxy) is 3. The normalized spacial score (nSPS) is 11.3. The van der Waals surface area contributed by atoms with E-state index in [4.69, 9.17) is 18.8 Å². The molecule has 0 amide bonds. The summed E-state index contributed by atoms with van der Waals surface area (Å²) in [5.41, 5.74) is 0.942. The van der Waals surface area contributed by atoms with Crippen LogP contribution in [0.1, 0.15) is 32.8 Å². The highest BCUT2D eigenvalue weighted by molar-refractivity contribution is 7.85. The fourth-order valence-corrected chi connectivity index (χ4v) is 2.67. The molecule has 1 rings (SSSR count). The standard InChI is InChI=1S/C16H27NO6S/c1-4-21-14-10-13(12-17-8-7-9-24(18,19)20)11-15(22-5-2)16(14)23-6-3/h10-11,17H,4-9,12H2,1-3H3,(H,18,19,20). The van der Waals surface area contributed by atoms with Crippen LogP contribution in [0.25, 0.3) is 0 Å². The third-order valence-electron chi connectivity index (χ3n) is 3.05. The van der Waals surface area contributed by atoms with E-state index in [1.165, 1.54) is 0 Å². The molecule has 0 aliphatic carbocycles. The maximum Gasteiger partial charge on any atom is 0.264 e. The molecule has 0 heterocycles. The Kier molecular flexibility index (Phi) is 8.88. The molecule has 0 aliphatic heterocycles. The Balaban J connectivity index is 2.79. The van der Waals surface area contributed by atoms with Gasteiger partial charge in [-0.05, 0) is 51.4 Å². The Morgan fingerprint density at radius 3 is 2.00 bits per heavy atom. The van der Waals surface area contributed by atoms with Crippen molar-refractivity contribution < 1.29 is 27.2 Å². The van der Waals surface area contributed by atoms with Crippen LogP contribution < -0.4 is 19.5 Å². The Hall–Kier alpha value is -1.51. The lowest BCUT2D eigenvalue weighted by Crippen LogP contribution is -2.18. The van der Waals surface area contributed by atoms with Gasteiger partial charge in [0, 0.05) is 6.54 Å². The average molecular weight is 361 g/mol. The zero-order valence-electron chi connectivity index (χ0n) is 14.5. The van der Waals surface area contributed by atoms with Crippen molar-refractivity contribution in [1.29, 1.82) is 0 Å². The second kappa shape index (κ2) is 10.4. The number of benzene rings is 1. The lowest BCUT2D eigenvalue weighted by molar-refractivity contribution is 0.260. The van der Waals surface area contributed by atoms with Crippen molar-refractivity contribution in [3.05, 3.63) is 17.7 Å². The molecule has 0 aromatic heterocycles. The van der Waals surface area contributed by atoms with Crippen LogP contribution in [0.15, 0.2) is 12.1 Å². The van der Waals surface area contributed by atoms with E-state index >= 15 is 0 Å². The maximum atomic E-state index is 10.7. The summed E-state index contributed by atoms with van der Waals surface area (Å²) in [6.45, 7) is 8.23. The first-order valence-corrected chi connectivity index (χ1v) is 9.73. The molecule has 0 spiro atoms. The SMILES string of the molecule is CCOc1cc(CNCCCS(=O)(=O)O)cc(OCC)c1OCC. The molecule has 0 saturated carbocycles. The summed E-state index contributed by atoms with van der Waals surface area (Å²) in [4.78, 5) is 0. The van der Waals surface area contributed by atoms with Gasteiger partial charge in [-0.2, -0.15) is 8.42 Å². The molecule has 0 aliphatic rings. The Bertz CT molecular complexity index is 576. The zero-order chi connectivity index (χ0) is 18.0. The lowest BCUT2D eigenvalue weighted by atomic mass is 10.1. The van der Waals surface area contributed by atoms with Crippen LogP contribution in [0.3, 0.4) is 0 Å². The fourth-order valence-electron chi connectivity index (χ4n) is 2.16. The van der Waals surface area contributed by atoms with Gasteiger partial charge < -0.3 is 19.5 Å². The fraction of sp³-hybridized carbons (Fsp3) is 0.625. The molecule has 1 aromatic rings. The molecule has 138 valence electrons. The molecule has 2 N–H and O–H groups in total. The molecular formula is C16H27NO6S. The van der Waals surface area contributed by atoms with Crippen molar-refractivity contribution in [2.75, 3.05) is 32.1 Å². The van der Waals surface area contributed by atoms with Gasteiger partial charge in [-0.1, -0.05) is 0 Å². The van der Waals surface area contributed by atoms with E-state index in [1.54, 1.807) is 0 Å². The van der Waals surface area contributed by atoms with Gasteiger partial charge in [0.15, 0.2) is 11.5 Å². The molecule has 0 unspecified atom stereocenters. The molecule has 24 heavy (non-hydrogen) atoms. The van der Waals surface area contributed by atoms with Gasteiger partial charge in [0.1, 0.15) is 0 Å². The predicted octanol–water partition coefficient (Wildman–Crippen LogP) is 2.25. The highest BCUT2D eigenvalue weighted by atomic mass is 32.2. The van der Waals surface area contributed by atoms with Gasteiger partial charge in [0.25, 0.3) is 10.1 Å². The first kappa shape index (κ1) is 20.5. The Morgan fingerprint density at radius 1 is 1.00 bits per heavy atom. The van der Waals surface area contributed by atoms with Gasteiger partial charge in [-0.25, -0.2) is 0 Å². The predicted molar refractivity (Wildman–Crippen MR) is 92.7 cm³/mol. The average Bonchev–Trinajstić information content (AvgIpc) is 2.49. The molecule has 1 aromatic carbocycles. The van der Waals surface area contributed by atoms with Crippen LogP contribution in [-0.4, -0.2) is 45.1 Å². The van der Waals surface area contributed by atoms with E-state index in [-0.39, 0.29) is 5.75 Å². The van der Waals surface area contributed by atoms with E-state index in [9.17, 15) is 8.42 Å². The molecular weight excluding hydrogens is 334 g/mol. The largest absolute Gasteiger partial charge is 0.490 e. The second-order valence-corrected chi connectivity index (χ2v) is 6.61. The van der Waals surface area contributed by atoms with E-state index in [0.29, 0.717) is 56.6 Å². The number of nitrogens with one attached hydrogen (secondary N) is 1. The Morgan fingerprint density at radius 2 is 1.54 bits per heavy atom. The van der Waals surface area contributed by atoms with Gasteiger partial charge in [0.2, 0.25) is 5.75 Å². The molecule has 0 saturated heterocycles. The topological polar surface area (TPSA) is 94.1 Å². The van der Waals surface area contributed by atoms with E-state index in [1.807, 2.05) is 32.9 Å². The van der Waals surface area contributed by atoms with Gasteiger partial charge in [0.05, 0.1) is 25.6 Å². The molecule has 7 nitrogen and oxygen atoms in total. The third-order valence-corrected chi connectivity index (χ3v) is 3.86. The summed E-state index contributed by atoms with van der Waals surface area (Å²) in [5, 5.41) is 3.14. The van der Waals surface area contributed by atoms with Crippen molar-refractivity contribution in [2.24, 2.45) is 0 Å². The quantitative estimate of drug-likeness (QED) is 0.435. The van der Waals surface area contributed by atoms with Crippen LogP contribution in [0.5, 0.6) is 17.2 Å². The van der Waals surface area contributed by atoms with Gasteiger partial charge >= 0.3 is 0 Å². The highest BCUT2D eigenvalue weighted by Gasteiger charge is 2.14. The summed E-state index contributed by atoms with van der Waals surface area (Å²) in [6.07, 6.45) is 0.340. The van der Waals surface area contributed by atoms with E-state index in [0.717, 1.165) is 5.56 Å². The second-order valence-electron chi connectivity index (χ2n) is 5.04. The maximum absolute atomic E-state index is 10.7. The van der Waals surface area contributed by atoms with Crippen LogP contribution in [0, 0.1) is 0 Å². The van der Waals surface area contributed by atoms with Crippen molar-refractivity contribution in [1.82, 2.24) is 5.32 Å². The first-order chi connectivity index (χ1) is 11.4. The van der Waals surface area contributed by atoms with Gasteiger partial charge in [-0.3, -0.25) is 4.55 Å². The molecule has 0 atom stereocenters. The van der Waals surface area contributed by atoms with Crippen molar-refractivity contribution in [3.63, 3.8) is 0 Å². The summed E-state index contributed by atoms with van der Waals surface area (Å²) in [5.74, 6) is 1.59. The first-order valence-electron chi connectivity index (χ1n) is 8.12. The summed E-state index contributed by atoms with van der Waals surface area (Å²) >= 11 is 0. The minimum absolute atomic E-state index is 0.252. The minimum Gasteiger partial charge on any atom is -0.490 e. The number of rotatable bonds is 12. The number of hydrogen-bond acceptors (Lipinski definition) is 6. The Labute approximate surface area is 144 Å². The van der Waals surface area contributed by atoms with Crippen LogP contribution in [0.4, 0.5) is 0 Å².